The van der Waals surface area contributed by atoms with Gasteiger partial charge in [0, 0.05) is 5.92 Å². The van der Waals surface area contributed by atoms with E-state index in [9.17, 15) is 19.8 Å². The van der Waals surface area contributed by atoms with Crippen molar-refractivity contribution in [2.45, 2.75) is 25.3 Å². The quantitative estimate of drug-likeness (QED) is 0.735. The summed E-state index contributed by atoms with van der Waals surface area (Å²) in [7, 11) is 0. The van der Waals surface area contributed by atoms with E-state index in [1.54, 1.807) is 12.1 Å². The maximum absolute atomic E-state index is 11.4. The Bertz CT molecular complexity index is 567. The Labute approximate surface area is 116 Å². The SMILES string of the molecule is C=CC1c2cccc(C(=O)O)c2NC(C(=O)O)C1CC. The summed E-state index contributed by atoms with van der Waals surface area (Å²) < 4.78 is 0. The molecule has 0 spiro atoms. The van der Waals surface area contributed by atoms with Crippen molar-refractivity contribution in [3.63, 3.8) is 0 Å². The standard InChI is InChI=1S/C15H17NO4/c1-3-8-9(4-2)13(15(19)20)16-12-10(8)6-5-7-11(12)14(17)18/h3,5-9,13,16H,1,4H2,2H3,(H,17,18)(H,19,20). The van der Waals surface area contributed by atoms with E-state index >= 15 is 0 Å². The highest BCUT2D eigenvalue weighted by Gasteiger charge is 2.39. The zero-order valence-electron chi connectivity index (χ0n) is 11.2. The number of anilines is 1. The van der Waals surface area contributed by atoms with Crippen LogP contribution in [-0.2, 0) is 4.79 Å². The topological polar surface area (TPSA) is 86.6 Å². The molecule has 0 radical (unpaired) electrons. The van der Waals surface area contributed by atoms with Crippen molar-refractivity contribution in [2.24, 2.45) is 5.92 Å². The molecule has 0 fully saturated rings. The number of allylic oxidation sites excluding steroid dienone is 1. The molecule has 1 aromatic rings. The van der Waals surface area contributed by atoms with Crippen molar-refractivity contribution in [1.29, 1.82) is 0 Å². The molecule has 0 saturated carbocycles. The Balaban J connectivity index is 2.62. The molecule has 3 unspecified atom stereocenters. The van der Waals surface area contributed by atoms with E-state index in [1.807, 2.05) is 13.0 Å². The molecule has 3 N–H and O–H groups in total. The van der Waals surface area contributed by atoms with E-state index in [1.165, 1.54) is 6.07 Å². The van der Waals surface area contributed by atoms with Crippen LogP contribution in [0.5, 0.6) is 0 Å². The zero-order valence-corrected chi connectivity index (χ0v) is 11.2. The summed E-state index contributed by atoms with van der Waals surface area (Å²) in [5, 5.41) is 21.5. The predicted molar refractivity (Wildman–Crippen MR) is 75.2 cm³/mol. The molecule has 2 rings (SSSR count). The van der Waals surface area contributed by atoms with Crippen LogP contribution >= 0.6 is 0 Å². The second kappa shape index (κ2) is 5.36. The zero-order chi connectivity index (χ0) is 14.9. The number of hydrogen-bond donors (Lipinski definition) is 3. The summed E-state index contributed by atoms with van der Waals surface area (Å²) in [5.41, 5.74) is 1.28. The number of hydrogen-bond acceptors (Lipinski definition) is 3. The van der Waals surface area contributed by atoms with Gasteiger partial charge in [-0.3, -0.25) is 0 Å². The summed E-state index contributed by atoms with van der Waals surface area (Å²) >= 11 is 0. The van der Waals surface area contributed by atoms with Crippen LogP contribution in [-0.4, -0.2) is 28.2 Å². The van der Waals surface area contributed by atoms with Crippen LogP contribution in [0.3, 0.4) is 0 Å². The molecule has 3 atom stereocenters. The Morgan fingerprint density at radius 1 is 1.40 bits per heavy atom. The smallest absolute Gasteiger partial charge is 0.337 e. The first-order valence-corrected chi connectivity index (χ1v) is 6.49. The van der Waals surface area contributed by atoms with Gasteiger partial charge in [0.15, 0.2) is 0 Å². The van der Waals surface area contributed by atoms with Crippen LogP contribution in [0.2, 0.25) is 0 Å². The van der Waals surface area contributed by atoms with E-state index < -0.39 is 18.0 Å². The fraction of sp³-hybridized carbons (Fsp3) is 0.333. The van der Waals surface area contributed by atoms with Crippen LogP contribution < -0.4 is 5.32 Å². The number of rotatable bonds is 4. The molecule has 0 aromatic heterocycles. The second-order valence-electron chi connectivity index (χ2n) is 4.87. The fourth-order valence-electron chi connectivity index (χ4n) is 2.92. The van der Waals surface area contributed by atoms with Gasteiger partial charge in [-0.05, 0) is 24.0 Å². The van der Waals surface area contributed by atoms with E-state index in [-0.39, 0.29) is 17.4 Å². The summed E-state index contributed by atoms with van der Waals surface area (Å²) in [6.45, 7) is 5.70. The Morgan fingerprint density at radius 2 is 2.10 bits per heavy atom. The maximum Gasteiger partial charge on any atom is 0.337 e. The molecule has 5 nitrogen and oxygen atoms in total. The lowest BCUT2D eigenvalue weighted by Gasteiger charge is -2.37. The van der Waals surface area contributed by atoms with Crippen LogP contribution in [0.15, 0.2) is 30.9 Å². The van der Waals surface area contributed by atoms with Crippen molar-refractivity contribution >= 4 is 17.6 Å². The Hall–Kier alpha value is -2.30. The van der Waals surface area contributed by atoms with Crippen LogP contribution in [0, 0.1) is 5.92 Å². The molecule has 1 aromatic carbocycles. The van der Waals surface area contributed by atoms with Gasteiger partial charge in [-0.1, -0.05) is 25.1 Å². The number of carboxylic acids is 2. The number of fused-ring (bicyclic) bond motifs is 1. The predicted octanol–water partition coefficient (Wildman–Crippen LogP) is 2.56. The highest BCUT2D eigenvalue weighted by Crippen LogP contribution is 2.42. The number of nitrogens with one attached hydrogen (secondary N) is 1. The average molecular weight is 275 g/mol. The fourth-order valence-corrected chi connectivity index (χ4v) is 2.92. The molecule has 106 valence electrons. The second-order valence-corrected chi connectivity index (χ2v) is 4.87. The Morgan fingerprint density at radius 3 is 2.60 bits per heavy atom. The van der Waals surface area contributed by atoms with E-state index in [0.29, 0.717) is 12.1 Å². The largest absolute Gasteiger partial charge is 0.480 e. The van der Waals surface area contributed by atoms with E-state index in [2.05, 4.69) is 11.9 Å². The summed E-state index contributed by atoms with van der Waals surface area (Å²) in [6, 6.07) is 4.16. The molecule has 20 heavy (non-hydrogen) atoms. The third-order valence-electron chi connectivity index (χ3n) is 3.87. The van der Waals surface area contributed by atoms with Crippen molar-refractivity contribution in [3.8, 4) is 0 Å². The van der Waals surface area contributed by atoms with Crippen LogP contribution in [0.1, 0.15) is 35.2 Å². The summed E-state index contributed by atoms with van der Waals surface area (Å²) in [5.74, 6) is -2.37. The molecule has 0 aliphatic carbocycles. The van der Waals surface area contributed by atoms with Gasteiger partial charge in [0.1, 0.15) is 6.04 Å². The van der Waals surface area contributed by atoms with Crippen molar-refractivity contribution < 1.29 is 19.8 Å². The van der Waals surface area contributed by atoms with Gasteiger partial charge in [0.2, 0.25) is 0 Å². The van der Waals surface area contributed by atoms with Gasteiger partial charge in [0.05, 0.1) is 11.3 Å². The first-order chi connectivity index (χ1) is 9.51. The molecule has 1 heterocycles. The Kier molecular flexibility index (Phi) is 3.79. The van der Waals surface area contributed by atoms with E-state index in [0.717, 1.165) is 5.56 Å². The maximum atomic E-state index is 11.4. The van der Waals surface area contributed by atoms with Gasteiger partial charge in [-0.15, -0.1) is 6.58 Å². The molecule has 0 saturated heterocycles. The lowest BCUT2D eigenvalue weighted by atomic mass is 9.75. The molecule has 1 aliphatic rings. The first kappa shape index (κ1) is 14.1. The molecule has 5 heteroatoms. The minimum Gasteiger partial charge on any atom is -0.480 e. The van der Waals surface area contributed by atoms with Gasteiger partial charge in [-0.25, -0.2) is 9.59 Å². The highest BCUT2D eigenvalue weighted by molar-refractivity contribution is 5.97. The summed E-state index contributed by atoms with van der Waals surface area (Å²) in [6.07, 6.45) is 2.37. The lowest BCUT2D eigenvalue weighted by molar-refractivity contribution is -0.139. The molecule has 1 aliphatic heterocycles. The van der Waals surface area contributed by atoms with Gasteiger partial charge in [-0.2, -0.15) is 0 Å². The third-order valence-corrected chi connectivity index (χ3v) is 3.87. The average Bonchev–Trinajstić information content (AvgIpc) is 2.43. The number of carbonyl (C=O) groups is 2. The molecular formula is C15H17NO4. The first-order valence-electron chi connectivity index (χ1n) is 6.49. The summed E-state index contributed by atoms with van der Waals surface area (Å²) in [4.78, 5) is 22.7. The van der Waals surface area contributed by atoms with Gasteiger partial charge >= 0.3 is 11.9 Å². The van der Waals surface area contributed by atoms with Crippen LogP contribution in [0.25, 0.3) is 0 Å². The number of para-hydroxylation sites is 1. The minimum atomic E-state index is -1.07. The van der Waals surface area contributed by atoms with Gasteiger partial charge < -0.3 is 15.5 Å². The normalized spacial score (nSPS) is 24.4. The van der Waals surface area contributed by atoms with Crippen LogP contribution in [0.4, 0.5) is 5.69 Å². The highest BCUT2D eigenvalue weighted by atomic mass is 16.4. The number of carboxylic acid groups (broad SMARTS) is 2. The molecular weight excluding hydrogens is 258 g/mol. The van der Waals surface area contributed by atoms with Crippen molar-refractivity contribution in [1.82, 2.24) is 0 Å². The molecule has 0 bridgehead atoms. The number of aromatic carboxylic acids is 1. The number of aliphatic carboxylic acids is 1. The van der Waals surface area contributed by atoms with Crippen molar-refractivity contribution in [3.05, 3.63) is 42.0 Å². The van der Waals surface area contributed by atoms with E-state index in [4.69, 9.17) is 0 Å². The van der Waals surface area contributed by atoms with Crippen molar-refractivity contribution in [2.75, 3.05) is 5.32 Å². The lowest BCUT2D eigenvalue weighted by Crippen LogP contribution is -2.43. The third kappa shape index (κ3) is 2.15. The monoisotopic (exact) mass is 275 g/mol. The van der Waals surface area contributed by atoms with Gasteiger partial charge in [0.25, 0.3) is 0 Å². The number of benzene rings is 1. The molecule has 0 amide bonds. The minimum absolute atomic E-state index is 0.0927.